The quantitative estimate of drug-likeness (QED) is 0.734. The van der Waals surface area contributed by atoms with Crippen molar-refractivity contribution in [3.63, 3.8) is 0 Å². The van der Waals surface area contributed by atoms with Crippen molar-refractivity contribution in [3.8, 4) is 5.75 Å². The Morgan fingerprint density at radius 1 is 1.30 bits per heavy atom. The summed E-state index contributed by atoms with van der Waals surface area (Å²) in [5.74, 6) is 0.587. The first-order valence-electron chi connectivity index (χ1n) is 10.0. The summed E-state index contributed by atoms with van der Waals surface area (Å²) in [7, 11) is 1.55. The molecule has 2 heterocycles. The van der Waals surface area contributed by atoms with Crippen LogP contribution >= 0.6 is 11.6 Å². The number of carbonyl (C=O) groups is 2. The Labute approximate surface area is 180 Å². The SMILES string of the molecule is COc1ccc(NC(=O)[C@@H]2CC23CCN(C(=O)/C=C/c2cccnc2)CC3)cc1Cl. The molecule has 30 heavy (non-hydrogen) atoms. The van der Waals surface area contributed by atoms with Crippen LogP contribution in [0.5, 0.6) is 5.75 Å². The summed E-state index contributed by atoms with van der Waals surface area (Å²) >= 11 is 6.14. The van der Waals surface area contributed by atoms with E-state index in [0.717, 1.165) is 24.8 Å². The third kappa shape index (κ3) is 4.33. The van der Waals surface area contributed by atoms with Gasteiger partial charge in [-0.1, -0.05) is 17.7 Å². The fraction of sp³-hybridized carbons (Fsp3) is 0.348. The maximum absolute atomic E-state index is 12.7. The number of amides is 2. The number of rotatable bonds is 5. The number of ether oxygens (including phenoxy) is 1. The Morgan fingerprint density at radius 3 is 2.77 bits per heavy atom. The first-order chi connectivity index (χ1) is 14.5. The van der Waals surface area contributed by atoms with E-state index in [0.29, 0.717) is 29.5 Å². The van der Waals surface area contributed by atoms with Crippen LogP contribution in [0, 0.1) is 11.3 Å². The van der Waals surface area contributed by atoms with Crippen LogP contribution in [0.3, 0.4) is 0 Å². The van der Waals surface area contributed by atoms with Crippen molar-refractivity contribution < 1.29 is 14.3 Å². The Bertz CT molecular complexity index is 969. The molecule has 4 rings (SSSR count). The molecule has 2 aliphatic rings. The number of hydrogen-bond acceptors (Lipinski definition) is 4. The molecule has 1 spiro atoms. The van der Waals surface area contributed by atoms with E-state index in [1.807, 2.05) is 17.0 Å². The van der Waals surface area contributed by atoms with Crippen LogP contribution in [0.2, 0.25) is 5.02 Å². The van der Waals surface area contributed by atoms with Gasteiger partial charge in [0.1, 0.15) is 5.75 Å². The zero-order chi connectivity index (χ0) is 21.1. The van der Waals surface area contributed by atoms with Gasteiger partial charge in [-0.2, -0.15) is 0 Å². The number of pyridine rings is 1. The molecular formula is C23H24ClN3O3. The van der Waals surface area contributed by atoms with Crippen molar-refractivity contribution in [2.75, 3.05) is 25.5 Å². The lowest BCUT2D eigenvalue weighted by molar-refractivity contribution is -0.127. The standard InChI is InChI=1S/C23H24ClN3O3/c1-30-20-6-5-17(13-19(20)24)26-22(29)18-14-23(18)8-11-27(12-9-23)21(28)7-4-16-3-2-10-25-15-16/h2-7,10,13,15,18H,8-9,11-12,14H2,1H3,(H,26,29)/b7-4+/t18-/m0/s1. The Hall–Kier alpha value is -2.86. The van der Waals surface area contributed by atoms with E-state index in [1.54, 1.807) is 49.9 Å². The first-order valence-corrected chi connectivity index (χ1v) is 10.4. The van der Waals surface area contributed by atoms with E-state index in [1.165, 1.54) is 0 Å². The Kier molecular flexibility index (Phi) is 5.77. The van der Waals surface area contributed by atoms with Crippen LogP contribution in [0.1, 0.15) is 24.8 Å². The normalized spacial score (nSPS) is 19.7. The minimum Gasteiger partial charge on any atom is -0.495 e. The van der Waals surface area contributed by atoms with E-state index in [4.69, 9.17) is 16.3 Å². The number of hydrogen-bond donors (Lipinski definition) is 1. The van der Waals surface area contributed by atoms with Gasteiger partial charge in [0.15, 0.2) is 0 Å². The second-order valence-corrected chi connectivity index (χ2v) is 8.31. The summed E-state index contributed by atoms with van der Waals surface area (Å²) in [6, 6.07) is 8.97. The molecule has 1 atom stereocenters. The highest BCUT2D eigenvalue weighted by molar-refractivity contribution is 6.32. The number of anilines is 1. The summed E-state index contributed by atoms with van der Waals surface area (Å²) in [6.45, 7) is 1.35. The maximum atomic E-state index is 12.7. The number of piperidine rings is 1. The highest BCUT2D eigenvalue weighted by atomic mass is 35.5. The summed E-state index contributed by atoms with van der Waals surface area (Å²) in [4.78, 5) is 31.1. The van der Waals surface area contributed by atoms with Crippen LogP contribution < -0.4 is 10.1 Å². The molecule has 1 aromatic heterocycles. The number of nitrogens with one attached hydrogen (secondary N) is 1. The summed E-state index contributed by atoms with van der Waals surface area (Å²) in [6.07, 6.45) is 9.37. The van der Waals surface area contributed by atoms with E-state index < -0.39 is 0 Å². The monoisotopic (exact) mass is 425 g/mol. The van der Waals surface area contributed by atoms with Gasteiger partial charge in [0.25, 0.3) is 0 Å². The third-order valence-electron chi connectivity index (χ3n) is 6.10. The predicted octanol–water partition coefficient (Wildman–Crippen LogP) is 4.02. The molecule has 2 amide bonds. The summed E-state index contributed by atoms with van der Waals surface area (Å²) in [5.41, 5.74) is 1.59. The molecule has 0 unspecified atom stereocenters. The first kappa shape index (κ1) is 20.4. The molecule has 1 aliphatic heterocycles. The second-order valence-electron chi connectivity index (χ2n) is 7.90. The van der Waals surface area contributed by atoms with Crippen molar-refractivity contribution in [2.45, 2.75) is 19.3 Å². The predicted molar refractivity (Wildman–Crippen MR) is 116 cm³/mol. The van der Waals surface area contributed by atoms with Gasteiger partial charge >= 0.3 is 0 Å². The molecule has 1 saturated heterocycles. The van der Waals surface area contributed by atoms with Crippen LogP contribution in [0.25, 0.3) is 6.08 Å². The number of carbonyl (C=O) groups excluding carboxylic acids is 2. The summed E-state index contributed by atoms with van der Waals surface area (Å²) in [5, 5.41) is 3.43. The molecule has 2 fully saturated rings. The van der Waals surface area contributed by atoms with Crippen molar-refractivity contribution in [3.05, 3.63) is 59.4 Å². The second kappa shape index (κ2) is 8.48. The number of methoxy groups -OCH3 is 1. The molecule has 156 valence electrons. The lowest BCUT2D eigenvalue weighted by atomic mass is 9.90. The van der Waals surface area contributed by atoms with Gasteiger partial charge in [0.2, 0.25) is 11.8 Å². The topological polar surface area (TPSA) is 71.5 Å². The number of nitrogens with zero attached hydrogens (tertiary/aromatic N) is 2. The van der Waals surface area contributed by atoms with Gasteiger partial charge in [-0.05, 0) is 60.6 Å². The molecule has 6 nitrogen and oxygen atoms in total. The number of aromatic nitrogens is 1. The Morgan fingerprint density at radius 2 is 2.10 bits per heavy atom. The van der Waals surface area contributed by atoms with Crippen molar-refractivity contribution in [1.29, 1.82) is 0 Å². The van der Waals surface area contributed by atoms with Gasteiger partial charge < -0.3 is 15.0 Å². The third-order valence-corrected chi connectivity index (χ3v) is 6.39. The summed E-state index contributed by atoms with van der Waals surface area (Å²) < 4.78 is 5.14. The van der Waals surface area contributed by atoms with E-state index in [9.17, 15) is 9.59 Å². The van der Waals surface area contributed by atoms with Crippen LogP contribution in [-0.4, -0.2) is 41.9 Å². The molecule has 7 heteroatoms. The smallest absolute Gasteiger partial charge is 0.246 e. The van der Waals surface area contributed by atoms with Gasteiger partial charge in [0, 0.05) is 43.2 Å². The largest absolute Gasteiger partial charge is 0.495 e. The zero-order valence-corrected chi connectivity index (χ0v) is 17.6. The average Bonchev–Trinajstić information content (AvgIpc) is 3.47. The minimum absolute atomic E-state index is 0.00299. The number of benzene rings is 1. The number of likely N-dealkylation sites (tertiary alicyclic amines) is 1. The van der Waals surface area contributed by atoms with Gasteiger partial charge in [-0.3, -0.25) is 14.6 Å². The lowest BCUT2D eigenvalue weighted by Gasteiger charge is -2.32. The lowest BCUT2D eigenvalue weighted by Crippen LogP contribution is -2.39. The highest BCUT2D eigenvalue weighted by Gasteiger charge is 2.58. The fourth-order valence-corrected chi connectivity index (χ4v) is 4.42. The van der Waals surface area contributed by atoms with E-state index in [2.05, 4.69) is 10.3 Å². The minimum atomic E-state index is -0.0124. The zero-order valence-electron chi connectivity index (χ0n) is 16.8. The fourth-order valence-electron chi connectivity index (χ4n) is 4.16. The highest BCUT2D eigenvalue weighted by Crippen LogP contribution is 2.59. The van der Waals surface area contributed by atoms with Crippen molar-refractivity contribution in [2.24, 2.45) is 11.3 Å². The van der Waals surface area contributed by atoms with E-state index >= 15 is 0 Å². The number of halogens is 1. The Balaban J connectivity index is 1.29. The van der Waals surface area contributed by atoms with E-state index in [-0.39, 0.29) is 23.1 Å². The van der Waals surface area contributed by atoms with Crippen molar-refractivity contribution >= 4 is 35.2 Å². The van der Waals surface area contributed by atoms with Crippen LogP contribution in [0.4, 0.5) is 5.69 Å². The van der Waals surface area contributed by atoms with Crippen LogP contribution in [0.15, 0.2) is 48.8 Å². The molecule has 1 saturated carbocycles. The van der Waals surface area contributed by atoms with Crippen molar-refractivity contribution in [1.82, 2.24) is 9.88 Å². The maximum Gasteiger partial charge on any atom is 0.246 e. The van der Waals surface area contributed by atoms with Gasteiger partial charge in [0.05, 0.1) is 12.1 Å². The van der Waals surface area contributed by atoms with Crippen LogP contribution in [-0.2, 0) is 9.59 Å². The van der Waals surface area contributed by atoms with Gasteiger partial charge in [-0.15, -0.1) is 0 Å². The average molecular weight is 426 g/mol. The molecule has 2 aromatic rings. The molecule has 1 aliphatic carbocycles. The molecule has 0 bridgehead atoms. The molecular weight excluding hydrogens is 402 g/mol. The van der Waals surface area contributed by atoms with Gasteiger partial charge in [-0.25, -0.2) is 0 Å². The molecule has 0 radical (unpaired) electrons. The molecule has 1 N–H and O–H groups in total. The molecule has 1 aromatic carbocycles.